The lowest BCUT2D eigenvalue weighted by molar-refractivity contribution is 0.211. The average Bonchev–Trinajstić information content (AvgIpc) is 2.43. The first-order valence-electron chi connectivity index (χ1n) is 6.99. The van der Waals surface area contributed by atoms with Gasteiger partial charge in [-0.2, -0.15) is 0 Å². The summed E-state index contributed by atoms with van der Waals surface area (Å²) in [5.41, 5.74) is -0.774. The van der Waals surface area contributed by atoms with Gasteiger partial charge in [0.2, 0.25) is 5.82 Å². The second-order valence-electron chi connectivity index (χ2n) is 5.69. The van der Waals surface area contributed by atoms with Crippen molar-refractivity contribution in [3.8, 4) is 0 Å². The predicted octanol–water partition coefficient (Wildman–Crippen LogP) is 0.186. The Balaban J connectivity index is 0.00000220. The molecule has 0 aromatic carbocycles. The van der Waals surface area contributed by atoms with Crippen LogP contribution in [0.2, 0.25) is 0 Å². The highest BCUT2D eigenvalue weighted by Gasteiger charge is 2.27. The number of anilines is 1. The van der Waals surface area contributed by atoms with Crippen molar-refractivity contribution >= 4 is 18.2 Å². The fraction of sp³-hybridized carbons (Fsp3) is 0.769. The van der Waals surface area contributed by atoms with E-state index in [1.165, 1.54) is 18.2 Å². The molecule has 1 aromatic rings. The molecule has 2 atom stereocenters. The van der Waals surface area contributed by atoms with Crippen LogP contribution in [-0.2, 0) is 14.1 Å². The predicted molar refractivity (Wildman–Crippen MR) is 85.3 cm³/mol. The van der Waals surface area contributed by atoms with Crippen LogP contribution >= 0.6 is 12.4 Å². The molecule has 0 saturated heterocycles. The van der Waals surface area contributed by atoms with Gasteiger partial charge >= 0.3 is 5.69 Å². The molecule has 21 heavy (non-hydrogen) atoms. The normalized spacial score (nSPS) is 22.0. The van der Waals surface area contributed by atoms with Crippen LogP contribution in [0.25, 0.3) is 0 Å². The quantitative estimate of drug-likeness (QED) is 0.861. The fourth-order valence-electron chi connectivity index (χ4n) is 2.86. The molecule has 2 rings (SSSR count). The highest BCUT2D eigenvalue weighted by molar-refractivity contribution is 5.85. The van der Waals surface area contributed by atoms with Gasteiger partial charge < -0.3 is 10.2 Å². The van der Waals surface area contributed by atoms with E-state index in [0.717, 1.165) is 23.8 Å². The van der Waals surface area contributed by atoms with Crippen LogP contribution in [0.5, 0.6) is 0 Å². The van der Waals surface area contributed by atoms with Crippen LogP contribution < -0.4 is 16.6 Å². The first-order valence-corrected chi connectivity index (χ1v) is 6.99. The number of rotatable bonds is 3. The zero-order chi connectivity index (χ0) is 14.9. The lowest BCUT2D eigenvalue weighted by Crippen LogP contribution is -2.48. The van der Waals surface area contributed by atoms with Crippen LogP contribution in [0.1, 0.15) is 25.7 Å². The van der Waals surface area contributed by atoms with Crippen molar-refractivity contribution in [2.45, 2.75) is 37.8 Å². The van der Waals surface area contributed by atoms with Crippen molar-refractivity contribution < 1.29 is 0 Å². The van der Waals surface area contributed by atoms with E-state index in [-0.39, 0.29) is 29.8 Å². The van der Waals surface area contributed by atoms with E-state index in [9.17, 15) is 9.59 Å². The third-order valence-electron chi connectivity index (χ3n) is 4.04. The van der Waals surface area contributed by atoms with Crippen LogP contribution in [0, 0.1) is 0 Å². The summed E-state index contributed by atoms with van der Waals surface area (Å²) in [5.74, 6) is 0.258. The Kier molecular flexibility index (Phi) is 5.98. The second kappa shape index (κ2) is 7.09. The SMILES string of the molecule is CN(C)C1CCCCC1Nc1nn(C)c(=O)n(C)c1=O.Cl. The van der Waals surface area contributed by atoms with Gasteiger partial charge in [0.1, 0.15) is 0 Å². The van der Waals surface area contributed by atoms with Crippen LogP contribution in [-0.4, -0.2) is 45.4 Å². The summed E-state index contributed by atoms with van der Waals surface area (Å²) in [7, 11) is 7.13. The molecule has 1 aliphatic rings. The van der Waals surface area contributed by atoms with Gasteiger partial charge in [0.05, 0.1) is 0 Å². The molecule has 1 fully saturated rings. The van der Waals surface area contributed by atoms with Crippen molar-refractivity contribution in [2.75, 3.05) is 19.4 Å². The van der Waals surface area contributed by atoms with E-state index in [0.29, 0.717) is 6.04 Å². The number of hydrogen-bond donors (Lipinski definition) is 1. The monoisotopic (exact) mass is 317 g/mol. The number of aryl methyl sites for hydroxylation is 1. The lowest BCUT2D eigenvalue weighted by atomic mass is 9.89. The summed E-state index contributed by atoms with van der Waals surface area (Å²) >= 11 is 0. The van der Waals surface area contributed by atoms with Crippen molar-refractivity contribution in [3.63, 3.8) is 0 Å². The highest BCUT2D eigenvalue weighted by Crippen LogP contribution is 2.23. The van der Waals surface area contributed by atoms with Gasteiger partial charge in [0.15, 0.2) is 0 Å². The Morgan fingerprint density at radius 2 is 1.81 bits per heavy atom. The molecular weight excluding hydrogens is 294 g/mol. The summed E-state index contributed by atoms with van der Waals surface area (Å²) in [5, 5.41) is 7.31. The third kappa shape index (κ3) is 3.65. The molecule has 7 nitrogen and oxygen atoms in total. The molecule has 0 amide bonds. The lowest BCUT2D eigenvalue weighted by Gasteiger charge is -2.36. The Labute approximate surface area is 130 Å². The van der Waals surface area contributed by atoms with Crippen molar-refractivity contribution in [3.05, 3.63) is 20.8 Å². The molecule has 120 valence electrons. The summed E-state index contributed by atoms with van der Waals surface area (Å²) in [6.07, 6.45) is 4.47. The molecule has 1 heterocycles. The summed E-state index contributed by atoms with van der Waals surface area (Å²) in [6, 6.07) is 0.573. The standard InChI is InChI=1S/C13H23N5O2.ClH/c1-16(2)10-8-6-5-7-9(10)14-11-12(19)17(3)13(20)18(4)15-11;/h9-10H,5-8H2,1-4H3,(H,14,15);1H. The number of nitrogens with one attached hydrogen (secondary N) is 1. The van der Waals surface area contributed by atoms with Crippen LogP contribution in [0.3, 0.4) is 0 Å². The molecule has 8 heteroatoms. The molecule has 1 aromatic heterocycles. The van der Waals surface area contributed by atoms with Crippen molar-refractivity contribution in [1.29, 1.82) is 0 Å². The minimum absolute atomic E-state index is 0. The Bertz CT molecular complexity index is 595. The van der Waals surface area contributed by atoms with Gasteiger partial charge in [-0.1, -0.05) is 12.8 Å². The minimum Gasteiger partial charge on any atom is -0.360 e. The second-order valence-corrected chi connectivity index (χ2v) is 5.69. The van der Waals surface area contributed by atoms with Gasteiger partial charge in [-0.15, -0.1) is 17.5 Å². The fourth-order valence-corrected chi connectivity index (χ4v) is 2.86. The molecule has 1 N–H and O–H groups in total. The van der Waals surface area contributed by atoms with Gasteiger partial charge in [-0.25, -0.2) is 9.48 Å². The van der Waals surface area contributed by atoms with Crippen molar-refractivity contribution in [1.82, 2.24) is 19.2 Å². The number of hydrogen-bond acceptors (Lipinski definition) is 5. The summed E-state index contributed by atoms with van der Waals surface area (Å²) < 4.78 is 2.28. The maximum atomic E-state index is 12.1. The zero-order valence-electron chi connectivity index (χ0n) is 13.0. The van der Waals surface area contributed by atoms with E-state index in [2.05, 4.69) is 29.4 Å². The Morgan fingerprint density at radius 1 is 1.19 bits per heavy atom. The van der Waals surface area contributed by atoms with E-state index in [1.54, 1.807) is 7.05 Å². The smallest absolute Gasteiger partial charge is 0.346 e. The average molecular weight is 318 g/mol. The van der Waals surface area contributed by atoms with Gasteiger partial charge in [-0.05, 0) is 26.9 Å². The number of likely N-dealkylation sites (N-methyl/N-ethyl adjacent to an activating group) is 1. The third-order valence-corrected chi connectivity index (χ3v) is 4.04. The number of nitrogens with zero attached hydrogens (tertiary/aromatic N) is 4. The maximum Gasteiger partial charge on any atom is 0.346 e. The first-order chi connectivity index (χ1) is 9.41. The van der Waals surface area contributed by atoms with Gasteiger partial charge in [0, 0.05) is 26.2 Å². The first kappa shape index (κ1) is 17.7. The van der Waals surface area contributed by atoms with E-state index in [1.807, 2.05) is 0 Å². The van der Waals surface area contributed by atoms with E-state index < -0.39 is 5.69 Å². The molecule has 0 radical (unpaired) electrons. The summed E-state index contributed by atoms with van der Waals surface area (Å²) in [6.45, 7) is 0. The largest absolute Gasteiger partial charge is 0.360 e. The Morgan fingerprint density at radius 3 is 2.43 bits per heavy atom. The zero-order valence-corrected chi connectivity index (χ0v) is 13.8. The number of aromatic nitrogens is 3. The number of halogens is 1. The molecule has 1 saturated carbocycles. The van der Waals surface area contributed by atoms with E-state index in [4.69, 9.17) is 0 Å². The molecular formula is C13H24ClN5O2. The molecule has 0 bridgehead atoms. The highest BCUT2D eigenvalue weighted by atomic mass is 35.5. The molecule has 2 unspecified atom stereocenters. The minimum atomic E-state index is -0.409. The van der Waals surface area contributed by atoms with Crippen LogP contribution in [0.15, 0.2) is 9.59 Å². The van der Waals surface area contributed by atoms with Gasteiger partial charge in [-0.3, -0.25) is 9.36 Å². The van der Waals surface area contributed by atoms with Crippen molar-refractivity contribution in [2.24, 2.45) is 14.1 Å². The van der Waals surface area contributed by atoms with Crippen LogP contribution in [0.4, 0.5) is 5.82 Å². The van der Waals surface area contributed by atoms with E-state index >= 15 is 0 Å². The molecule has 0 aliphatic heterocycles. The van der Waals surface area contributed by atoms with Gasteiger partial charge in [0.25, 0.3) is 5.56 Å². The Hall–Kier alpha value is -1.34. The maximum absolute atomic E-state index is 12.1. The molecule has 1 aliphatic carbocycles. The topological polar surface area (TPSA) is 72.2 Å². The molecule has 0 spiro atoms. The summed E-state index contributed by atoms with van der Waals surface area (Å²) in [4.78, 5) is 25.9.